The van der Waals surface area contributed by atoms with Gasteiger partial charge in [0.1, 0.15) is 5.69 Å². The molecule has 2 aliphatic heterocycles. The molecule has 0 N–H and O–H groups in total. The third-order valence-corrected chi connectivity index (χ3v) is 7.66. The molecule has 0 aliphatic carbocycles. The first kappa shape index (κ1) is 16.2. The first-order valence-corrected chi connectivity index (χ1v) is 11.2. The Balaban J connectivity index is 1.40. The van der Waals surface area contributed by atoms with E-state index in [1.54, 1.807) is 16.0 Å². The van der Waals surface area contributed by atoms with Crippen LogP contribution in [0.15, 0.2) is 17.6 Å². The average Bonchev–Trinajstić information content (AvgIpc) is 3.28. The van der Waals surface area contributed by atoms with Crippen molar-refractivity contribution < 1.29 is 8.42 Å². The quantitative estimate of drug-likeness (QED) is 0.810. The Hall–Kier alpha value is -1.25. The summed E-state index contributed by atoms with van der Waals surface area (Å²) in [5, 5.41) is 10.7. The summed E-state index contributed by atoms with van der Waals surface area (Å²) in [5.41, 5.74) is 2.22. The number of hydrogen-bond donors (Lipinski definition) is 0. The molecule has 8 heteroatoms. The molecule has 24 heavy (non-hydrogen) atoms. The molecule has 1 atom stereocenters. The fourth-order valence-electron chi connectivity index (χ4n) is 3.57. The number of aromatic nitrogens is 3. The lowest BCUT2D eigenvalue weighted by atomic mass is 10.1. The standard InChI is InChI=1S/C16H22N4O2S2/c21-24(22)6-3-13(12-24)9-20-10-15(17-18-20)16-7-14(11-23-16)8-19-4-1-2-5-19/h7,10-11,13H,1-6,8-9,12H2/t13-/m1/s1. The van der Waals surface area contributed by atoms with Crippen LogP contribution in [0.5, 0.6) is 0 Å². The van der Waals surface area contributed by atoms with Gasteiger partial charge in [-0.05, 0) is 55.3 Å². The molecule has 0 unspecified atom stereocenters. The summed E-state index contributed by atoms with van der Waals surface area (Å²) in [6.45, 7) is 4.06. The molecule has 0 bridgehead atoms. The van der Waals surface area contributed by atoms with E-state index in [0.29, 0.717) is 12.3 Å². The van der Waals surface area contributed by atoms with Gasteiger partial charge in [0.25, 0.3) is 0 Å². The molecule has 130 valence electrons. The first-order valence-electron chi connectivity index (χ1n) is 8.48. The maximum atomic E-state index is 11.6. The summed E-state index contributed by atoms with van der Waals surface area (Å²) >= 11 is 1.70. The zero-order chi connectivity index (χ0) is 16.6. The lowest BCUT2D eigenvalue weighted by Crippen LogP contribution is -2.17. The van der Waals surface area contributed by atoms with Crippen LogP contribution >= 0.6 is 11.3 Å². The van der Waals surface area contributed by atoms with E-state index < -0.39 is 9.84 Å². The van der Waals surface area contributed by atoms with Gasteiger partial charge in [0.15, 0.2) is 9.84 Å². The minimum Gasteiger partial charge on any atom is -0.299 e. The SMILES string of the molecule is O=S1(=O)CC[C@H](Cn2cc(-c3cc(CN4CCCC4)cs3)nn2)C1. The Morgan fingerprint density at radius 2 is 2.12 bits per heavy atom. The fourth-order valence-corrected chi connectivity index (χ4v) is 6.28. The number of hydrogen-bond acceptors (Lipinski definition) is 6. The molecule has 6 nitrogen and oxygen atoms in total. The van der Waals surface area contributed by atoms with E-state index in [1.165, 1.54) is 31.5 Å². The van der Waals surface area contributed by atoms with Crippen molar-refractivity contribution in [2.24, 2.45) is 5.92 Å². The van der Waals surface area contributed by atoms with Crippen LogP contribution in [0.4, 0.5) is 0 Å². The number of likely N-dealkylation sites (tertiary alicyclic amines) is 1. The molecule has 0 saturated carbocycles. The highest BCUT2D eigenvalue weighted by molar-refractivity contribution is 7.91. The molecular weight excluding hydrogens is 344 g/mol. The molecular formula is C16H22N4O2S2. The van der Waals surface area contributed by atoms with Gasteiger partial charge in [0, 0.05) is 13.1 Å². The predicted molar refractivity (Wildman–Crippen MR) is 94.6 cm³/mol. The Morgan fingerprint density at radius 3 is 2.88 bits per heavy atom. The highest BCUT2D eigenvalue weighted by Crippen LogP contribution is 2.27. The summed E-state index contributed by atoms with van der Waals surface area (Å²) in [5.74, 6) is 0.754. The minimum atomic E-state index is -2.83. The smallest absolute Gasteiger partial charge is 0.150 e. The van der Waals surface area contributed by atoms with Crippen molar-refractivity contribution in [3.05, 3.63) is 23.2 Å². The van der Waals surface area contributed by atoms with Gasteiger partial charge in [-0.3, -0.25) is 9.58 Å². The summed E-state index contributed by atoms with van der Waals surface area (Å²) < 4.78 is 24.9. The highest BCUT2D eigenvalue weighted by atomic mass is 32.2. The Labute approximate surface area is 146 Å². The lowest BCUT2D eigenvalue weighted by molar-refractivity contribution is 0.332. The van der Waals surface area contributed by atoms with Crippen molar-refractivity contribution in [1.29, 1.82) is 0 Å². The number of nitrogens with zero attached hydrogens (tertiary/aromatic N) is 4. The van der Waals surface area contributed by atoms with Crippen molar-refractivity contribution in [2.75, 3.05) is 24.6 Å². The normalized spacial score (nSPS) is 23.9. The van der Waals surface area contributed by atoms with Gasteiger partial charge in [-0.1, -0.05) is 5.21 Å². The molecule has 0 spiro atoms. The zero-order valence-corrected chi connectivity index (χ0v) is 15.2. The summed E-state index contributed by atoms with van der Waals surface area (Å²) in [4.78, 5) is 3.62. The first-order chi connectivity index (χ1) is 11.6. The number of sulfone groups is 1. The molecule has 2 fully saturated rings. The van der Waals surface area contributed by atoms with E-state index in [2.05, 4.69) is 26.7 Å². The third kappa shape index (κ3) is 3.70. The van der Waals surface area contributed by atoms with Crippen LogP contribution in [0, 0.1) is 5.92 Å². The van der Waals surface area contributed by atoms with E-state index in [1.807, 2.05) is 6.20 Å². The van der Waals surface area contributed by atoms with Gasteiger partial charge >= 0.3 is 0 Å². The van der Waals surface area contributed by atoms with Crippen LogP contribution in [0.2, 0.25) is 0 Å². The Kier molecular flexibility index (Phi) is 4.44. The second kappa shape index (κ2) is 6.57. The van der Waals surface area contributed by atoms with Crippen LogP contribution in [-0.2, 0) is 22.9 Å². The van der Waals surface area contributed by atoms with Crippen molar-refractivity contribution in [3.63, 3.8) is 0 Å². The van der Waals surface area contributed by atoms with Crippen molar-refractivity contribution in [1.82, 2.24) is 19.9 Å². The summed E-state index contributed by atoms with van der Waals surface area (Å²) in [7, 11) is -2.83. The monoisotopic (exact) mass is 366 g/mol. The second-order valence-electron chi connectivity index (χ2n) is 6.90. The Bertz CT molecular complexity index is 806. The van der Waals surface area contributed by atoms with E-state index in [-0.39, 0.29) is 11.7 Å². The van der Waals surface area contributed by atoms with Gasteiger partial charge in [0.2, 0.25) is 0 Å². The largest absolute Gasteiger partial charge is 0.299 e. The van der Waals surface area contributed by atoms with Gasteiger partial charge < -0.3 is 0 Å². The molecule has 2 aliphatic rings. The molecule has 2 aromatic rings. The number of rotatable bonds is 5. The van der Waals surface area contributed by atoms with Crippen LogP contribution in [0.1, 0.15) is 24.8 Å². The fraction of sp³-hybridized carbons (Fsp3) is 0.625. The topological polar surface area (TPSA) is 68.1 Å². The van der Waals surface area contributed by atoms with E-state index in [0.717, 1.165) is 23.5 Å². The molecule has 0 amide bonds. The van der Waals surface area contributed by atoms with Gasteiger partial charge in [0.05, 0.1) is 22.6 Å². The van der Waals surface area contributed by atoms with Crippen LogP contribution in [0.3, 0.4) is 0 Å². The second-order valence-corrected chi connectivity index (χ2v) is 10.0. The number of thiophene rings is 1. The van der Waals surface area contributed by atoms with E-state index in [4.69, 9.17) is 0 Å². The Morgan fingerprint density at radius 1 is 1.29 bits per heavy atom. The van der Waals surface area contributed by atoms with Gasteiger partial charge in [-0.15, -0.1) is 16.4 Å². The summed E-state index contributed by atoms with van der Waals surface area (Å²) in [6, 6.07) is 2.21. The maximum Gasteiger partial charge on any atom is 0.150 e. The van der Waals surface area contributed by atoms with Crippen molar-refractivity contribution >= 4 is 21.2 Å². The molecule has 2 saturated heterocycles. The van der Waals surface area contributed by atoms with Crippen LogP contribution < -0.4 is 0 Å². The van der Waals surface area contributed by atoms with Crippen LogP contribution in [0.25, 0.3) is 10.6 Å². The predicted octanol–water partition coefficient (Wildman–Crippen LogP) is 2.04. The molecule has 4 rings (SSSR count). The zero-order valence-electron chi connectivity index (χ0n) is 13.6. The third-order valence-electron chi connectivity index (χ3n) is 4.82. The van der Waals surface area contributed by atoms with Gasteiger partial charge in [-0.2, -0.15) is 0 Å². The van der Waals surface area contributed by atoms with E-state index in [9.17, 15) is 8.42 Å². The van der Waals surface area contributed by atoms with Gasteiger partial charge in [-0.25, -0.2) is 8.42 Å². The van der Waals surface area contributed by atoms with Crippen LogP contribution in [-0.4, -0.2) is 52.9 Å². The molecule has 0 radical (unpaired) electrons. The molecule has 2 aromatic heterocycles. The van der Waals surface area contributed by atoms with E-state index >= 15 is 0 Å². The maximum absolute atomic E-state index is 11.6. The molecule has 4 heterocycles. The minimum absolute atomic E-state index is 0.165. The summed E-state index contributed by atoms with van der Waals surface area (Å²) in [6.07, 6.45) is 5.29. The van der Waals surface area contributed by atoms with Crippen molar-refractivity contribution in [2.45, 2.75) is 32.4 Å². The molecule has 0 aromatic carbocycles. The van der Waals surface area contributed by atoms with Crippen molar-refractivity contribution in [3.8, 4) is 10.6 Å². The lowest BCUT2D eigenvalue weighted by Gasteiger charge is -2.12. The highest BCUT2D eigenvalue weighted by Gasteiger charge is 2.28. The average molecular weight is 367 g/mol.